The van der Waals surface area contributed by atoms with Crippen molar-refractivity contribution in [3.05, 3.63) is 63.4 Å². The van der Waals surface area contributed by atoms with Crippen LogP contribution in [0.4, 0.5) is 4.39 Å². The minimum atomic E-state index is -0.591. The lowest BCUT2D eigenvalue weighted by Crippen LogP contribution is -1.98. The van der Waals surface area contributed by atoms with Crippen molar-refractivity contribution >= 4 is 23.2 Å². The van der Waals surface area contributed by atoms with Crippen LogP contribution in [0.5, 0.6) is 5.75 Å². The standard InChI is InChI=1S/C15H13Cl2FO2/c1-9(19)11-3-5-15(13(17)7-11)20-8-10-2-4-12(16)14(18)6-10/h2-7,9,19H,8H2,1H3/t9-/m0/s1. The first-order valence-electron chi connectivity index (χ1n) is 6.01. The van der Waals surface area contributed by atoms with Crippen molar-refractivity contribution in [3.8, 4) is 5.75 Å². The van der Waals surface area contributed by atoms with E-state index in [0.717, 1.165) is 0 Å². The van der Waals surface area contributed by atoms with Gasteiger partial charge in [0.15, 0.2) is 0 Å². The van der Waals surface area contributed by atoms with Crippen LogP contribution < -0.4 is 4.74 Å². The van der Waals surface area contributed by atoms with E-state index in [2.05, 4.69) is 0 Å². The lowest BCUT2D eigenvalue weighted by Gasteiger charge is -2.11. The summed E-state index contributed by atoms with van der Waals surface area (Å²) in [6.45, 7) is 1.84. The van der Waals surface area contributed by atoms with Crippen LogP contribution in [0.1, 0.15) is 24.2 Å². The van der Waals surface area contributed by atoms with Gasteiger partial charge in [-0.3, -0.25) is 0 Å². The predicted molar refractivity (Wildman–Crippen MR) is 77.8 cm³/mol. The Labute approximate surface area is 126 Å². The Hall–Kier alpha value is -1.29. The Kier molecular flexibility index (Phi) is 4.86. The van der Waals surface area contributed by atoms with Crippen LogP contribution in [-0.4, -0.2) is 5.11 Å². The quantitative estimate of drug-likeness (QED) is 0.881. The second-order valence-corrected chi connectivity index (χ2v) is 5.22. The third-order valence-electron chi connectivity index (χ3n) is 2.82. The minimum Gasteiger partial charge on any atom is -0.487 e. The van der Waals surface area contributed by atoms with Gasteiger partial charge in [-0.25, -0.2) is 4.39 Å². The van der Waals surface area contributed by atoms with Gasteiger partial charge in [-0.2, -0.15) is 0 Å². The third-order valence-corrected chi connectivity index (χ3v) is 3.42. The lowest BCUT2D eigenvalue weighted by molar-refractivity contribution is 0.199. The summed E-state index contributed by atoms with van der Waals surface area (Å²) < 4.78 is 18.8. The Morgan fingerprint density at radius 2 is 1.90 bits per heavy atom. The second kappa shape index (κ2) is 6.44. The molecule has 0 unspecified atom stereocenters. The fourth-order valence-electron chi connectivity index (χ4n) is 1.68. The molecule has 5 heteroatoms. The first-order valence-corrected chi connectivity index (χ1v) is 6.77. The van der Waals surface area contributed by atoms with Crippen LogP contribution in [0.15, 0.2) is 36.4 Å². The summed E-state index contributed by atoms with van der Waals surface area (Å²) in [6.07, 6.45) is -0.591. The third kappa shape index (κ3) is 3.63. The van der Waals surface area contributed by atoms with E-state index in [1.807, 2.05) is 0 Å². The van der Waals surface area contributed by atoms with Crippen molar-refractivity contribution in [2.75, 3.05) is 0 Å². The molecule has 0 bridgehead atoms. The van der Waals surface area contributed by atoms with E-state index >= 15 is 0 Å². The molecule has 0 amide bonds. The minimum absolute atomic E-state index is 0.0769. The molecule has 2 nitrogen and oxygen atoms in total. The zero-order valence-electron chi connectivity index (χ0n) is 10.7. The topological polar surface area (TPSA) is 29.5 Å². The van der Waals surface area contributed by atoms with E-state index < -0.39 is 11.9 Å². The molecular weight excluding hydrogens is 302 g/mol. The summed E-state index contributed by atoms with van der Waals surface area (Å²) in [6, 6.07) is 9.53. The first-order chi connectivity index (χ1) is 9.47. The van der Waals surface area contributed by atoms with Crippen molar-refractivity contribution in [2.24, 2.45) is 0 Å². The van der Waals surface area contributed by atoms with Gasteiger partial charge in [0.2, 0.25) is 0 Å². The van der Waals surface area contributed by atoms with E-state index in [1.165, 1.54) is 12.1 Å². The summed E-state index contributed by atoms with van der Waals surface area (Å²) in [5.74, 6) is -0.00487. The summed E-state index contributed by atoms with van der Waals surface area (Å²) in [5.41, 5.74) is 1.36. The average Bonchev–Trinajstić information content (AvgIpc) is 2.41. The van der Waals surface area contributed by atoms with Gasteiger partial charge in [0.25, 0.3) is 0 Å². The molecule has 0 spiro atoms. The maximum atomic E-state index is 13.3. The Bertz CT molecular complexity index is 615. The van der Waals surface area contributed by atoms with Gasteiger partial charge >= 0.3 is 0 Å². The lowest BCUT2D eigenvalue weighted by atomic mass is 10.1. The number of hydrogen-bond acceptors (Lipinski definition) is 2. The van der Waals surface area contributed by atoms with E-state index in [4.69, 9.17) is 27.9 Å². The van der Waals surface area contributed by atoms with E-state index in [1.54, 1.807) is 31.2 Å². The van der Waals surface area contributed by atoms with E-state index in [-0.39, 0.29) is 11.6 Å². The molecule has 1 N–H and O–H groups in total. The zero-order valence-corrected chi connectivity index (χ0v) is 12.2. The highest BCUT2D eigenvalue weighted by Crippen LogP contribution is 2.28. The smallest absolute Gasteiger partial charge is 0.142 e. The molecule has 2 aromatic rings. The van der Waals surface area contributed by atoms with Crippen molar-refractivity contribution in [1.29, 1.82) is 0 Å². The number of aliphatic hydroxyl groups excluding tert-OH is 1. The molecule has 0 saturated heterocycles. The molecule has 106 valence electrons. The highest BCUT2D eigenvalue weighted by Gasteiger charge is 2.07. The average molecular weight is 315 g/mol. The summed E-state index contributed by atoms with van der Waals surface area (Å²) >= 11 is 11.7. The number of aliphatic hydroxyl groups is 1. The maximum absolute atomic E-state index is 13.3. The molecule has 2 aromatic carbocycles. The van der Waals surface area contributed by atoms with Crippen LogP contribution >= 0.6 is 23.2 Å². The highest BCUT2D eigenvalue weighted by atomic mass is 35.5. The molecule has 0 aliphatic rings. The van der Waals surface area contributed by atoms with Gasteiger partial charge in [0.05, 0.1) is 16.1 Å². The number of ether oxygens (including phenoxy) is 1. The molecule has 1 atom stereocenters. The normalized spacial score (nSPS) is 12.2. The van der Waals surface area contributed by atoms with E-state index in [0.29, 0.717) is 21.9 Å². The number of hydrogen-bond donors (Lipinski definition) is 1. The van der Waals surface area contributed by atoms with Gasteiger partial charge in [-0.05, 0) is 42.3 Å². The largest absolute Gasteiger partial charge is 0.487 e. The molecule has 20 heavy (non-hydrogen) atoms. The van der Waals surface area contributed by atoms with Crippen molar-refractivity contribution in [3.63, 3.8) is 0 Å². The molecule has 0 radical (unpaired) electrons. The van der Waals surface area contributed by atoms with Crippen LogP contribution in [0, 0.1) is 5.82 Å². The predicted octanol–water partition coefficient (Wildman–Crippen LogP) is 4.76. The Balaban J connectivity index is 2.09. The van der Waals surface area contributed by atoms with Crippen LogP contribution in [0.25, 0.3) is 0 Å². The molecule has 0 fully saturated rings. The fourth-order valence-corrected chi connectivity index (χ4v) is 2.05. The molecule has 2 rings (SSSR count). The summed E-state index contributed by atoms with van der Waals surface area (Å²) in [7, 11) is 0. The monoisotopic (exact) mass is 314 g/mol. The SMILES string of the molecule is C[C@H](O)c1ccc(OCc2ccc(Cl)c(F)c2)c(Cl)c1. The van der Waals surface area contributed by atoms with Crippen molar-refractivity contribution < 1.29 is 14.2 Å². The first kappa shape index (κ1) is 15.1. The van der Waals surface area contributed by atoms with Crippen molar-refractivity contribution in [2.45, 2.75) is 19.6 Å². The number of benzene rings is 2. The van der Waals surface area contributed by atoms with Crippen LogP contribution in [-0.2, 0) is 6.61 Å². The number of rotatable bonds is 4. The van der Waals surface area contributed by atoms with Crippen LogP contribution in [0.2, 0.25) is 10.0 Å². The van der Waals surface area contributed by atoms with Crippen molar-refractivity contribution in [1.82, 2.24) is 0 Å². The molecular formula is C15H13Cl2FO2. The van der Waals surface area contributed by atoms with E-state index in [9.17, 15) is 9.50 Å². The maximum Gasteiger partial charge on any atom is 0.142 e. The van der Waals surface area contributed by atoms with Gasteiger partial charge in [-0.1, -0.05) is 35.3 Å². The zero-order chi connectivity index (χ0) is 14.7. The Morgan fingerprint density at radius 1 is 1.15 bits per heavy atom. The Morgan fingerprint density at radius 3 is 2.50 bits per heavy atom. The summed E-state index contributed by atoms with van der Waals surface area (Å²) in [5, 5.41) is 9.93. The second-order valence-electron chi connectivity index (χ2n) is 4.40. The van der Waals surface area contributed by atoms with Gasteiger partial charge in [-0.15, -0.1) is 0 Å². The highest BCUT2D eigenvalue weighted by molar-refractivity contribution is 6.32. The van der Waals surface area contributed by atoms with Gasteiger partial charge in [0.1, 0.15) is 18.2 Å². The van der Waals surface area contributed by atoms with Gasteiger partial charge < -0.3 is 9.84 Å². The molecule has 0 heterocycles. The van der Waals surface area contributed by atoms with Crippen LogP contribution in [0.3, 0.4) is 0 Å². The number of halogens is 3. The van der Waals surface area contributed by atoms with Gasteiger partial charge in [0, 0.05) is 0 Å². The molecule has 0 aliphatic carbocycles. The molecule has 0 aromatic heterocycles. The molecule has 0 aliphatic heterocycles. The summed E-state index contributed by atoms with van der Waals surface area (Å²) in [4.78, 5) is 0. The fraction of sp³-hybridized carbons (Fsp3) is 0.200. The molecule has 0 saturated carbocycles.